The molecule has 0 bridgehead atoms. The molecule has 1 unspecified atom stereocenters. The average molecular weight is 224 g/mol. The summed E-state index contributed by atoms with van der Waals surface area (Å²) in [7, 11) is 1.08. The highest BCUT2D eigenvalue weighted by Gasteiger charge is 2.51. The van der Waals surface area contributed by atoms with E-state index in [1.807, 2.05) is 0 Å². The van der Waals surface area contributed by atoms with Crippen molar-refractivity contribution in [3.8, 4) is 0 Å². The molecule has 4 nitrogen and oxygen atoms in total. The zero-order valence-corrected chi connectivity index (χ0v) is 8.49. The average Bonchev–Trinajstić information content (AvgIpc) is 2.51. The highest BCUT2D eigenvalue weighted by molar-refractivity contribution is 6.18. The first-order valence-electron chi connectivity index (χ1n) is 4.63. The molecule has 1 aliphatic carbocycles. The van der Waals surface area contributed by atoms with Crippen LogP contribution < -0.4 is 0 Å². The monoisotopic (exact) mass is 224 g/mol. The molecule has 0 heterocycles. The fraction of sp³-hybridized carbons (Fsp3) is 0.273. The maximum atomic E-state index is 12.9. The predicted octanol–water partition coefficient (Wildman–Crippen LogP) is 0.469. The van der Waals surface area contributed by atoms with Crippen molar-refractivity contribution in [2.75, 3.05) is 7.11 Å². The number of aliphatic hydroxyl groups is 1. The number of ketones is 1. The number of methoxy groups -OCH3 is 1. The first-order chi connectivity index (χ1) is 7.49. The lowest BCUT2D eigenvalue weighted by Crippen LogP contribution is -2.45. The van der Waals surface area contributed by atoms with Gasteiger partial charge in [0.1, 0.15) is 5.82 Å². The van der Waals surface area contributed by atoms with Crippen molar-refractivity contribution in [3.63, 3.8) is 0 Å². The molecule has 0 amide bonds. The maximum Gasteiger partial charge on any atom is 0.346 e. The number of hydrogen-bond donors (Lipinski definition) is 1. The summed E-state index contributed by atoms with van der Waals surface area (Å²) in [6, 6.07) is 3.50. The molecule has 5 heteroatoms. The minimum Gasteiger partial charge on any atom is -0.467 e. The summed E-state index contributed by atoms with van der Waals surface area (Å²) >= 11 is 0. The van der Waals surface area contributed by atoms with Crippen LogP contribution in [0, 0.1) is 5.82 Å². The summed E-state index contributed by atoms with van der Waals surface area (Å²) in [5.41, 5.74) is -1.72. The molecule has 84 valence electrons. The van der Waals surface area contributed by atoms with E-state index in [0.717, 1.165) is 19.2 Å². The van der Waals surface area contributed by atoms with Crippen LogP contribution in [0.1, 0.15) is 15.9 Å². The van der Waals surface area contributed by atoms with Crippen LogP contribution in [-0.2, 0) is 16.0 Å². The molecule has 0 aliphatic heterocycles. The predicted molar refractivity (Wildman–Crippen MR) is 51.4 cm³/mol. The molecule has 1 aromatic rings. The molecular weight excluding hydrogens is 215 g/mol. The minimum absolute atomic E-state index is 0.161. The number of Topliss-reactive ketones (excluding diaryl/α,β-unsaturated/α-hetero) is 1. The molecule has 0 spiro atoms. The second-order valence-electron chi connectivity index (χ2n) is 3.66. The molecule has 0 fully saturated rings. The van der Waals surface area contributed by atoms with E-state index in [-0.39, 0.29) is 12.0 Å². The minimum atomic E-state index is -2.20. The molecule has 0 aromatic heterocycles. The fourth-order valence-electron chi connectivity index (χ4n) is 1.84. The first-order valence-corrected chi connectivity index (χ1v) is 4.63. The third kappa shape index (κ3) is 1.32. The molecule has 0 radical (unpaired) electrons. The van der Waals surface area contributed by atoms with Crippen LogP contribution in [0.4, 0.5) is 4.39 Å². The number of hydrogen-bond acceptors (Lipinski definition) is 4. The highest BCUT2D eigenvalue weighted by atomic mass is 19.1. The van der Waals surface area contributed by atoms with Gasteiger partial charge in [0.15, 0.2) is 0 Å². The van der Waals surface area contributed by atoms with Gasteiger partial charge < -0.3 is 9.84 Å². The topological polar surface area (TPSA) is 63.6 Å². The van der Waals surface area contributed by atoms with Crippen molar-refractivity contribution in [1.29, 1.82) is 0 Å². The SMILES string of the molecule is COC(=O)C1(O)Cc2cc(F)ccc2C1=O. The number of carbonyl (C=O) groups is 2. The van der Waals surface area contributed by atoms with Gasteiger partial charge >= 0.3 is 5.97 Å². The van der Waals surface area contributed by atoms with Crippen molar-refractivity contribution >= 4 is 11.8 Å². The van der Waals surface area contributed by atoms with Crippen LogP contribution in [0.15, 0.2) is 18.2 Å². The lowest BCUT2D eigenvalue weighted by Gasteiger charge is -2.16. The Labute approximate surface area is 90.6 Å². The molecule has 1 aromatic carbocycles. The Morgan fingerprint density at radius 3 is 2.88 bits per heavy atom. The molecule has 0 saturated heterocycles. The van der Waals surface area contributed by atoms with Crippen molar-refractivity contribution in [3.05, 3.63) is 35.1 Å². The number of benzene rings is 1. The van der Waals surface area contributed by atoms with Crippen LogP contribution >= 0.6 is 0 Å². The molecule has 1 atom stereocenters. The van der Waals surface area contributed by atoms with E-state index in [9.17, 15) is 19.1 Å². The van der Waals surface area contributed by atoms with E-state index in [1.54, 1.807) is 0 Å². The third-order valence-electron chi connectivity index (χ3n) is 2.66. The highest BCUT2D eigenvalue weighted by Crippen LogP contribution is 2.31. The number of fused-ring (bicyclic) bond motifs is 1. The quantitative estimate of drug-likeness (QED) is 0.556. The van der Waals surface area contributed by atoms with E-state index in [1.165, 1.54) is 6.07 Å². The molecule has 1 aliphatic rings. The molecular formula is C11H9FO4. The maximum absolute atomic E-state index is 12.9. The standard InChI is InChI=1S/C11H9FO4/c1-16-10(14)11(15)5-6-4-7(12)2-3-8(6)9(11)13/h2-4,15H,5H2,1H3. The zero-order valence-electron chi connectivity index (χ0n) is 8.49. The van der Waals surface area contributed by atoms with E-state index in [0.29, 0.717) is 5.56 Å². The van der Waals surface area contributed by atoms with Gasteiger partial charge in [0.25, 0.3) is 0 Å². The van der Waals surface area contributed by atoms with E-state index < -0.39 is 23.2 Å². The van der Waals surface area contributed by atoms with Crippen molar-refractivity contribution in [2.24, 2.45) is 0 Å². The van der Waals surface area contributed by atoms with Crippen LogP contribution in [0.2, 0.25) is 0 Å². The zero-order chi connectivity index (χ0) is 11.9. The number of halogens is 1. The van der Waals surface area contributed by atoms with Crippen molar-refractivity contribution in [1.82, 2.24) is 0 Å². The summed E-state index contributed by atoms with van der Waals surface area (Å²) < 4.78 is 17.3. The Morgan fingerprint density at radius 2 is 2.25 bits per heavy atom. The summed E-state index contributed by atoms with van der Waals surface area (Å²) in [6.07, 6.45) is -0.244. The number of esters is 1. The lowest BCUT2D eigenvalue weighted by molar-refractivity contribution is -0.156. The van der Waals surface area contributed by atoms with Gasteiger partial charge in [-0.05, 0) is 23.8 Å². The largest absolute Gasteiger partial charge is 0.467 e. The second-order valence-corrected chi connectivity index (χ2v) is 3.66. The Balaban J connectivity index is 2.48. The van der Waals surface area contributed by atoms with E-state index >= 15 is 0 Å². The summed E-state index contributed by atoms with van der Waals surface area (Å²) in [4.78, 5) is 23.1. The Bertz CT molecular complexity index is 483. The summed E-state index contributed by atoms with van der Waals surface area (Å²) in [5, 5.41) is 9.89. The molecule has 0 saturated carbocycles. The molecule has 2 rings (SSSR count). The number of ether oxygens (including phenoxy) is 1. The van der Waals surface area contributed by atoms with Gasteiger partial charge in [-0.15, -0.1) is 0 Å². The van der Waals surface area contributed by atoms with E-state index in [4.69, 9.17) is 0 Å². The van der Waals surface area contributed by atoms with Crippen molar-refractivity contribution in [2.45, 2.75) is 12.0 Å². The Hall–Kier alpha value is -1.75. The second kappa shape index (κ2) is 3.38. The van der Waals surface area contributed by atoms with Gasteiger partial charge in [-0.1, -0.05) is 0 Å². The fourth-order valence-corrected chi connectivity index (χ4v) is 1.84. The van der Waals surface area contributed by atoms with Gasteiger partial charge in [0, 0.05) is 12.0 Å². The van der Waals surface area contributed by atoms with Gasteiger partial charge in [-0.25, -0.2) is 9.18 Å². The lowest BCUT2D eigenvalue weighted by atomic mass is 10.00. The smallest absolute Gasteiger partial charge is 0.346 e. The van der Waals surface area contributed by atoms with Crippen LogP contribution in [0.5, 0.6) is 0 Å². The Morgan fingerprint density at radius 1 is 1.56 bits per heavy atom. The molecule has 16 heavy (non-hydrogen) atoms. The molecule has 1 N–H and O–H groups in total. The summed E-state index contributed by atoms with van der Waals surface area (Å²) in [6.45, 7) is 0. The van der Waals surface area contributed by atoms with Crippen LogP contribution in [0.3, 0.4) is 0 Å². The van der Waals surface area contributed by atoms with Gasteiger partial charge in [-0.3, -0.25) is 4.79 Å². The van der Waals surface area contributed by atoms with Crippen molar-refractivity contribution < 1.29 is 23.8 Å². The first kappa shape index (κ1) is 10.8. The third-order valence-corrected chi connectivity index (χ3v) is 2.66. The van der Waals surface area contributed by atoms with Gasteiger partial charge in [0.2, 0.25) is 11.4 Å². The van der Waals surface area contributed by atoms with Gasteiger partial charge in [0.05, 0.1) is 7.11 Å². The van der Waals surface area contributed by atoms with Gasteiger partial charge in [-0.2, -0.15) is 0 Å². The van der Waals surface area contributed by atoms with Crippen LogP contribution in [-0.4, -0.2) is 29.6 Å². The number of carbonyl (C=O) groups excluding carboxylic acids is 2. The Kier molecular flexibility index (Phi) is 2.27. The number of rotatable bonds is 1. The van der Waals surface area contributed by atoms with Crippen LogP contribution in [0.25, 0.3) is 0 Å². The normalized spacial score (nSPS) is 23.1. The summed E-state index contributed by atoms with van der Waals surface area (Å²) in [5.74, 6) is -2.27. The van der Waals surface area contributed by atoms with E-state index in [2.05, 4.69) is 4.74 Å².